The Morgan fingerprint density at radius 2 is 1.96 bits per heavy atom. The van der Waals surface area contributed by atoms with Crippen molar-refractivity contribution >= 4 is 44.6 Å². The topological polar surface area (TPSA) is 66.5 Å². The van der Waals surface area contributed by atoms with Crippen molar-refractivity contribution in [2.75, 3.05) is 18.4 Å². The fourth-order valence-corrected chi connectivity index (χ4v) is 6.03. The molecule has 134 valence electrons. The Kier molecular flexibility index (Phi) is 5.48. The Bertz CT molecular complexity index is 887. The van der Waals surface area contributed by atoms with Crippen LogP contribution in [0.5, 0.6) is 0 Å². The standard InChI is InChI=1S/C17H19ClN2O3S2/c1-12-4-6-15(14(18)10-12)19-16(21)11-13-5-7-17(24-13)25(22,23)20-8-2-3-9-20/h4-7,10H,2-3,8-9,11H2,1H3,(H,19,21). The maximum Gasteiger partial charge on any atom is 0.252 e. The minimum atomic E-state index is -3.42. The number of carbonyl (C=O) groups excluding carboxylic acids is 1. The van der Waals surface area contributed by atoms with Crippen LogP contribution in [0, 0.1) is 6.92 Å². The summed E-state index contributed by atoms with van der Waals surface area (Å²) in [5.74, 6) is -0.224. The summed E-state index contributed by atoms with van der Waals surface area (Å²) in [6.07, 6.45) is 1.92. The molecule has 1 aliphatic heterocycles. The predicted molar refractivity (Wildman–Crippen MR) is 101 cm³/mol. The molecule has 1 N–H and O–H groups in total. The molecule has 0 saturated carbocycles. The zero-order chi connectivity index (χ0) is 18.0. The van der Waals surface area contributed by atoms with Crippen molar-refractivity contribution in [3.05, 3.63) is 45.8 Å². The van der Waals surface area contributed by atoms with E-state index in [0.29, 0.717) is 32.9 Å². The highest BCUT2D eigenvalue weighted by molar-refractivity contribution is 7.91. The van der Waals surface area contributed by atoms with Crippen LogP contribution in [0.4, 0.5) is 5.69 Å². The van der Waals surface area contributed by atoms with Gasteiger partial charge in [-0.05, 0) is 49.6 Å². The first-order valence-electron chi connectivity index (χ1n) is 8.01. The SMILES string of the molecule is Cc1ccc(NC(=O)Cc2ccc(S(=O)(=O)N3CCCC3)s2)c(Cl)c1. The van der Waals surface area contributed by atoms with E-state index in [2.05, 4.69) is 5.32 Å². The van der Waals surface area contributed by atoms with Crippen molar-refractivity contribution in [3.8, 4) is 0 Å². The number of benzene rings is 1. The lowest BCUT2D eigenvalue weighted by molar-refractivity contribution is -0.115. The van der Waals surface area contributed by atoms with Crippen LogP contribution in [-0.2, 0) is 21.2 Å². The van der Waals surface area contributed by atoms with Crippen molar-refractivity contribution in [1.29, 1.82) is 0 Å². The minimum Gasteiger partial charge on any atom is -0.324 e. The van der Waals surface area contributed by atoms with Crippen LogP contribution in [0.3, 0.4) is 0 Å². The number of nitrogens with one attached hydrogen (secondary N) is 1. The molecular weight excluding hydrogens is 380 g/mol. The van der Waals surface area contributed by atoms with E-state index in [1.807, 2.05) is 13.0 Å². The molecule has 1 amide bonds. The number of rotatable bonds is 5. The van der Waals surface area contributed by atoms with Crippen molar-refractivity contribution in [3.63, 3.8) is 0 Å². The minimum absolute atomic E-state index is 0.115. The normalized spacial score (nSPS) is 15.4. The molecule has 0 spiro atoms. The lowest BCUT2D eigenvalue weighted by Crippen LogP contribution is -2.27. The Morgan fingerprint density at radius 3 is 2.64 bits per heavy atom. The monoisotopic (exact) mass is 398 g/mol. The Morgan fingerprint density at radius 1 is 1.24 bits per heavy atom. The second kappa shape index (κ2) is 7.45. The molecule has 1 fully saturated rings. The maximum atomic E-state index is 12.5. The molecule has 8 heteroatoms. The van der Waals surface area contributed by atoms with Gasteiger partial charge < -0.3 is 5.32 Å². The number of nitrogens with zero attached hydrogens (tertiary/aromatic N) is 1. The van der Waals surface area contributed by atoms with Gasteiger partial charge in [0.2, 0.25) is 5.91 Å². The molecule has 2 heterocycles. The van der Waals surface area contributed by atoms with Crippen LogP contribution < -0.4 is 5.32 Å². The Hall–Kier alpha value is -1.41. The van der Waals surface area contributed by atoms with Crippen molar-refractivity contribution < 1.29 is 13.2 Å². The van der Waals surface area contributed by atoms with Crippen LogP contribution in [-0.4, -0.2) is 31.7 Å². The lowest BCUT2D eigenvalue weighted by Gasteiger charge is -2.13. The molecular formula is C17H19ClN2O3S2. The molecule has 5 nitrogen and oxygen atoms in total. The summed E-state index contributed by atoms with van der Waals surface area (Å²) in [5.41, 5.74) is 1.57. The molecule has 0 unspecified atom stereocenters. The first-order valence-corrected chi connectivity index (χ1v) is 10.6. The van der Waals surface area contributed by atoms with E-state index in [1.54, 1.807) is 24.3 Å². The van der Waals surface area contributed by atoms with Crippen LogP contribution in [0.2, 0.25) is 5.02 Å². The predicted octanol–water partition coefficient (Wildman–Crippen LogP) is 3.68. The van der Waals surface area contributed by atoms with Gasteiger partial charge in [-0.3, -0.25) is 4.79 Å². The van der Waals surface area contributed by atoms with E-state index < -0.39 is 10.0 Å². The number of hydrogen-bond donors (Lipinski definition) is 1. The number of sulfonamides is 1. The van der Waals surface area contributed by atoms with Crippen LogP contribution >= 0.6 is 22.9 Å². The fourth-order valence-electron chi connectivity index (χ4n) is 2.72. The smallest absolute Gasteiger partial charge is 0.252 e. The zero-order valence-corrected chi connectivity index (χ0v) is 16.2. The molecule has 0 aliphatic carbocycles. The number of halogens is 1. The number of anilines is 1. The second-order valence-electron chi connectivity index (χ2n) is 6.04. The summed E-state index contributed by atoms with van der Waals surface area (Å²) < 4.78 is 26.8. The van der Waals surface area contributed by atoms with Gasteiger partial charge in [0.15, 0.2) is 0 Å². The zero-order valence-electron chi connectivity index (χ0n) is 13.8. The Labute approximate surface area is 156 Å². The first-order chi connectivity index (χ1) is 11.9. The number of hydrogen-bond acceptors (Lipinski definition) is 4. The summed E-state index contributed by atoms with van der Waals surface area (Å²) in [6.45, 7) is 3.06. The summed E-state index contributed by atoms with van der Waals surface area (Å²) in [4.78, 5) is 12.9. The molecule has 1 aliphatic rings. The lowest BCUT2D eigenvalue weighted by atomic mass is 10.2. The van der Waals surface area contributed by atoms with Gasteiger partial charge in [0.05, 0.1) is 17.1 Å². The molecule has 3 rings (SSSR count). The molecule has 1 saturated heterocycles. The van der Waals surface area contributed by atoms with Crippen LogP contribution in [0.25, 0.3) is 0 Å². The van der Waals surface area contributed by atoms with Gasteiger partial charge in [0.25, 0.3) is 10.0 Å². The summed E-state index contributed by atoms with van der Waals surface area (Å²) in [6, 6.07) is 8.69. The number of amides is 1. The quantitative estimate of drug-likeness (QED) is 0.835. The number of carbonyl (C=O) groups is 1. The van der Waals surface area contributed by atoms with Gasteiger partial charge in [0.1, 0.15) is 4.21 Å². The molecule has 0 bridgehead atoms. The van der Waals surface area contributed by atoms with Crippen molar-refractivity contribution in [2.45, 2.75) is 30.4 Å². The third-order valence-corrected chi connectivity index (χ3v) is 7.79. The summed E-state index contributed by atoms with van der Waals surface area (Å²) in [5, 5.41) is 3.25. The van der Waals surface area contributed by atoms with Crippen molar-refractivity contribution in [2.24, 2.45) is 0 Å². The van der Waals surface area contributed by atoms with E-state index in [0.717, 1.165) is 29.7 Å². The van der Waals surface area contributed by atoms with Gasteiger partial charge in [-0.2, -0.15) is 4.31 Å². The third-order valence-electron chi connectivity index (χ3n) is 4.03. The van der Waals surface area contributed by atoms with E-state index in [-0.39, 0.29) is 12.3 Å². The molecule has 2 aromatic rings. The van der Waals surface area contributed by atoms with Crippen LogP contribution in [0.15, 0.2) is 34.5 Å². The van der Waals surface area contributed by atoms with E-state index in [1.165, 1.54) is 4.31 Å². The summed E-state index contributed by atoms with van der Waals surface area (Å²) in [7, 11) is -3.42. The van der Waals surface area contributed by atoms with E-state index in [4.69, 9.17) is 11.6 Å². The van der Waals surface area contributed by atoms with E-state index in [9.17, 15) is 13.2 Å². The number of aryl methyl sites for hydroxylation is 1. The van der Waals surface area contributed by atoms with Gasteiger partial charge in [-0.15, -0.1) is 11.3 Å². The first kappa shape index (κ1) is 18.4. The fraction of sp³-hybridized carbons (Fsp3) is 0.353. The second-order valence-corrected chi connectivity index (χ2v) is 9.78. The van der Waals surface area contributed by atoms with Gasteiger partial charge in [-0.1, -0.05) is 17.7 Å². The summed E-state index contributed by atoms with van der Waals surface area (Å²) >= 11 is 7.27. The van der Waals surface area contributed by atoms with Gasteiger partial charge in [-0.25, -0.2) is 8.42 Å². The molecule has 0 radical (unpaired) electrons. The molecule has 25 heavy (non-hydrogen) atoms. The Balaban J connectivity index is 1.67. The molecule has 0 atom stereocenters. The molecule has 1 aromatic carbocycles. The van der Waals surface area contributed by atoms with E-state index >= 15 is 0 Å². The largest absolute Gasteiger partial charge is 0.324 e. The highest BCUT2D eigenvalue weighted by Gasteiger charge is 2.28. The maximum absolute atomic E-state index is 12.5. The third kappa shape index (κ3) is 4.23. The van der Waals surface area contributed by atoms with Crippen LogP contribution in [0.1, 0.15) is 23.3 Å². The highest BCUT2D eigenvalue weighted by atomic mass is 35.5. The number of thiophene rings is 1. The average molecular weight is 399 g/mol. The van der Waals surface area contributed by atoms with Gasteiger partial charge in [0, 0.05) is 18.0 Å². The van der Waals surface area contributed by atoms with Crippen molar-refractivity contribution in [1.82, 2.24) is 4.31 Å². The molecule has 1 aromatic heterocycles. The highest BCUT2D eigenvalue weighted by Crippen LogP contribution is 2.28. The van der Waals surface area contributed by atoms with Gasteiger partial charge >= 0.3 is 0 Å². The average Bonchev–Trinajstić information content (AvgIpc) is 3.22.